The molecule has 0 fully saturated rings. The van der Waals surface area contributed by atoms with Gasteiger partial charge in [0.15, 0.2) is 5.69 Å². The van der Waals surface area contributed by atoms with Crippen molar-refractivity contribution in [3.05, 3.63) is 45.9 Å². The predicted molar refractivity (Wildman–Crippen MR) is 73.3 cm³/mol. The summed E-state index contributed by atoms with van der Waals surface area (Å²) < 4.78 is 1.69. The number of nitrogens with zero attached hydrogens (tertiary/aromatic N) is 4. The van der Waals surface area contributed by atoms with Crippen LogP contribution < -0.4 is 5.32 Å². The third-order valence-electron chi connectivity index (χ3n) is 2.89. The molecule has 0 amide bonds. The van der Waals surface area contributed by atoms with Crippen LogP contribution in [0.3, 0.4) is 0 Å². The van der Waals surface area contributed by atoms with Gasteiger partial charge in [-0.05, 0) is 12.1 Å². The van der Waals surface area contributed by atoms with E-state index in [-0.39, 0.29) is 17.2 Å². The van der Waals surface area contributed by atoms with Gasteiger partial charge in [0.25, 0.3) is 0 Å². The maximum atomic E-state index is 10.9. The summed E-state index contributed by atoms with van der Waals surface area (Å²) in [5, 5.41) is 26.6. The zero-order valence-electron chi connectivity index (χ0n) is 11.2. The molecule has 0 aliphatic rings. The van der Waals surface area contributed by atoms with Crippen molar-refractivity contribution >= 4 is 17.5 Å². The molecule has 0 unspecified atom stereocenters. The van der Waals surface area contributed by atoms with Crippen LogP contribution in [0.2, 0.25) is 0 Å². The highest BCUT2D eigenvalue weighted by atomic mass is 16.6. The van der Waals surface area contributed by atoms with Crippen molar-refractivity contribution in [2.24, 2.45) is 7.05 Å². The highest BCUT2D eigenvalue weighted by Crippen LogP contribution is 2.22. The van der Waals surface area contributed by atoms with E-state index in [1.54, 1.807) is 17.9 Å². The van der Waals surface area contributed by atoms with Gasteiger partial charge in [0.05, 0.1) is 4.92 Å². The Bertz CT molecular complexity index is 682. The number of pyridine rings is 1. The van der Waals surface area contributed by atoms with E-state index in [0.29, 0.717) is 13.0 Å². The maximum Gasteiger partial charge on any atom is 0.354 e. The number of carboxylic acids is 1. The molecule has 2 heterocycles. The lowest BCUT2D eigenvalue weighted by Gasteiger charge is -2.07. The number of anilines is 1. The average Bonchev–Trinajstić information content (AvgIpc) is 2.84. The van der Waals surface area contributed by atoms with Crippen molar-refractivity contribution in [2.45, 2.75) is 6.42 Å². The Labute approximate surface area is 119 Å². The number of aromatic carboxylic acids is 1. The van der Waals surface area contributed by atoms with Crippen LogP contribution in [0.15, 0.2) is 24.4 Å². The Morgan fingerprint density at radius 3 is 2.81 bits per heavy atom. The Hall–Kier alpha value is -2.97. The number of aryl methyl sites for hydroxylation is 1. The molecule has 0 aliphatic carbocycles. The summed E-state index contributed by atoms with van der Waals surface area (Å²) in [6.45, 7) is 0.371. The van der Waals surface area contributed by atoms with Crippen molar-refractivity contribution in [3.63, 3.8) is 0 Å². The fourth-order valence-electron chi connectivity index (χ4n) is 1.80. The van der Waals surface area contributed by atoms with Gasteiger partial charge in [0, 0.05) is 38.0 Å². The van der Waals surface area contributed by atoms with Crippen LogP contribution in [0, 0.1) is 10.1 Å². The summed E-state index contributed by atoms with van der Waals surface area (Å²) in [5.41, 5.74) is 0.438. The molecule has 0 saturated carbocycles. The smallest absolute Gasteiger partial charge is 0.354 e. The normalized spacial score (nSPS) is 10.3. The van der Waals surface area contributed by atoms with Gasteiger partial charge in [-0.1, -0.05) is 0 Å². The van der Waals surface area contributed by atoms with E-state index in [2.05, 4.69) is 15.4 Å². The molecule has 0 spiro atoms. The molecule has 0 bridgehead atoms. The zero-order chi connectivity index (χ0) is 15.4. The van der Waals surface area contributed by atoms with Crippen molar-refractivity contribution in [2.75, 3.05) is 11.9 Å². The van der Waals surface area contributed by atoms with Gasteiger partial charge >= 0.3 is 11.7 Å². The first-order valence-electron chi connectivity index (χ1n) is 6.08. The number of nitro groups is 1. The Balaban J connectivity index is 2.13. The third kappa shape index (κ3) is 3.32. The first kappa shape index (κ1) is 14.4. The van der Waals surface area contributed by atoms with Crippen LogP contribution in [0.4, 0.5) is 11.5 Å². The molecule has 0 atom stereocenters. The van der Waals surface area contributed by atoms with E-state index in [1.807, 2.05) is 6.07 Å². The fourth-order valence-corrected chi connectivity index (χ4v) is 1.80. The largest absolute Gasteiger partial charge is 0.477 e. The second kappa shape index (κ2) is 5.99. The van der Waals surface area contributed by atoms with Crippen LogP contribution in [-0.4, -0.2) is 37.3 Å². The fraction of sp³-hybridized carbons (Fsp3) is 0.250. The number of carbonyl (C=O) groups is 1. The number of hydrogen-bond acceptors (Lipinski definition) is 6. The van der Waals surface area contributed by atoms with Crippen LogP contribution >= 0.6 is 0 Å². The number of hydrogen-bond donors (Lipinski definition) is 2. The monoisotopic (exact) mass is 291 g/mol. The maximum absolute atomic E-state index is 10.9. The standard InChI is InChI=1S/C12H13N5O4/c1-16-8(5-7-14-16)4-6-13-11-10(17(20)21)3-2-9(15-11)12(18)19/h2-3,5,7H,4,6H2,1H3,(H,13,15)(H,18,19). The molecule has 2 aromatic heterocycles. The number of aromatic nitrogens is 3. The quantitative estimate of drug-likeness (QED) is 0.602. The number of carboxylic acid groups (broad SMARTS) is 1. The summed E-state index contributed by atoms with van der Waals surface area (Å²) >= 11 is 0. The van der Waals surface area contributed by atoms with Crippen molar-refractivity contribution in [1.82, 2.24) is 14.8 Å². The minimum atomic E-state index is -1.24. The Kier molecular flexibility index (Phi) is 4.12. The van der Waals surface area contributed by atoms with Crippen molar-refractivity contribution in [1.29, 1.82) is 0 Å². The summed E-state index contributed by atoms with van der Waals surface area (Å²) in [6, 6.07) is 4.06. The molecule has 2 rings (SSSR count). The van der Waals surface area contributed by atoms with Crippen LogP contribution in [0.25, 0.3) is 0 Å². The van der Waals surface area contributed by atoms with E-state index in [9.17, 15) is 14.9 Å². The molecule has 110 valence electrons. The van der Waals surface area contributed by atoms with E-state index < -0.39 is 10.9 Å². The van der Waals surface area contributed by atoms with Gasteiger partial charge in [-0.3, -0.25) is 14.8 Å². The first-order valence-corrected chi connectivity index (χ1v) is 6.08. The zero-order valence-corrected chi connectivity index (χ0v) is 11.2. The molecule has 9 nitrogen and oxygen atoms in total. The van der Waals surface area contributed by atoms with Gasteiger partial charge < -0.3 is 10.4 Å². The first-order chi connectivity index (χ1) is 9.99. The number of nitrogens with one attached hydrogen (secondary N) is 1. The van der Waals surface area contributed by atoms with Gasteiger partial charge in [-0.2, -0.15) is 5.10 Å². The highest BCUT2D eigenvalue weighted by Gasteiger charge is 2.18. The van der Waals surface area contributed by atoms with E-state index in [4.69, 9.17) is 5.11 Å². The Morgan fingerprint density at radius 1 is 1.48 bits per heavy atom. The summed E-state index contributed by atoms with van der Waals surface area (Å²) in [5.74, 6) is -1.29. The minimum absolute atomic E-state index is 0.0536. The van der Waals surface area contributed by atoms with E-state index in [0.717, 1.165) is 17.8 Å². The van der Waals surface area contributed by atoms with E-state index in [1.165, 1.54) is 0 Å². The third-order valence-corrected chi connectivity index (χ3v) is 2.89. The van der Waals surface area contributed by atoms with E-state index >= 15 is 0 Å². The minimum Gasteiger partial charge on any atom is -0.477 e. The van der Waals surface area contributed by atoms with Crippen LogP contribution in [0.5, 0.6) is 0 Å². The molecule has 2 aromatic rings. The van der Waals surface area contributed by atoms with Crippen molar-refractivity contribution in [3.8, 4) is 0 Å². The van der Waals surface area contributed by atoms with Crippen LogP contribution in [-0.2, 0) is 13.5 Å². The SMILES string of the molecule is Cn1nccc1CCNc1nc(C(=O)O)ccc1[N+](=O)[O-]. The second-order valence-electron chi connectivity index (χ2n) is 4.25. The molecule has 21 heavy (non-hydrogen) atoms. The Morgan fingerprint density at radius 2 is 2.24 bits per heavy atom. The molecule has 9 heteroatoms. The second-order valence-corrected chi connectivity index (χ2v) is 4.25. The number of rotatable bonds is 6. The predicted octanol–water partition coefficient (Wildman–Crippen LogP) is 1.08. The topological polar surface area (TPSA) is 123 Å². The average molecular weight is 291 g/mol. The molecular formula is C12H13N5O4. The summed E-state index contributed by atoms with van der Waals surface area (Å²) in [6.07, 6.45) is 2.23. The molecular weight excluding hydrogens is 278 g/mol. The highest BCUT2D eigenvalue weighted by molar-refractivity contribution is 5.86. The summed E-state index contributed by atoms with van der Waals surface area (Å²) in [4.78, 5) is 24.9. The van der Waals surface area contributed by atoms with Crippen LogP contribution in [0.1, 0.15) is 16.2 Å². The van der Waals surface area contributed by atoms with Gasteiger partial charge in [0.2, 0.25) is 5.82 Å². The molecule has 0 saturated heterocycles. The molecule has 0 radical (unpaired) electrons. The lowest BCUT2D eigenvalue weighted by molar-refractivity contribution is -0.384. The van der Waals surface area contributed by atoms with Crippen molar-refractivity contribution < 1.29 is 14.8 Å². The van der Waals surface area contributed by atoms with Gasteiger partial charge in [-0.25, -0.2) is 9.78 Å². The summed E-state index contributed by atoms with van der Waals surface area (Å²) in [7, 11) is 1.79. The lowest BCUT2D eigenvalue weighted by atomic mass is 10.3. The molecule has 2 N–H and O–H groups in total. The molecule has 0 aliphatic heterocycles. The lowest BCUT2D eigenvalue weighted by Crippen LogP contribution is -2.12. The van der Waals surface area contributed by atoms with Gasteiger partial charge in [0.1, 0.15) is 0 Å². The molecule has 0 aromatic carbocycles. The van der Waals surface area contributed by atoms with Gasteiger partial charge in [-0.15, -0.1) is 0 Å².